The predicted octanol–water partition coefficient (Wildman–Crippen LogP) is 3.26. The molecule has 1 atom stereocenters. The van der Waals surface area contributed by atoms with Crippen molar-refractivity contribution in [2.45, 2.75) is 47.1 Å². The zero-order valence-corrected chi connectivity index (χ0v) is 18.6. The first kappa shape index (κ1) is 23.7. The van der Waals surface area contributed by atoms with Gasteiger partial charge in [-0.25, -0.2) is 0 Å². The van der Waals surface area contributed by atoms with E-state index in [4.69, 9.17) is 0 Å². The van der Waals surface area contributed by atoms with E-state index in [9.17, 15) is 4.79 Å². The first-order valence-electron chi connectivity index (χ1n) is 8.62. The summed E-state index contributed by atoms with van der Waals surface area (Å²) < 4.78 is 0. The average molecular weight is 460 g/mol. The molecule has 25 heavy (non-hydrogen) atoms. The number of aryl methyl sites for hydroxylation is 1. The fourth-order valence-electron chi connectivity index (χ4n) is 2.15. The van der Waals surface area contributed by atoms with Gasteiger partial charge in [-0.15, -0.1) is 24.0 Å². The summed E-state index contributed by atoms with van der Waals surface area (Å²) in [5, 5.41) is 9.50. The molecule has 142 valence electrons. The third kappa shape index (κ3) is 8.56. The van der Waals surface area contributed by atoms with Gasteiger partial charge < -0.3 is 16.0 Å². The molecule has 0 saturated heterocycles. The summed E-state index contributed by atoms with van der Waals surface area (Å²) in [5.41, 5.74) is 2.19. The van der Waals surface area contributed by atoms with E-state index in [1.54, 1.807) is 7.05 Å². The summed E-state index contributed by atoms with van der Waals surface area (Å²) >= 11 is 0. The summed E-state index contributed by atoms with van der Waals surface area (Å²) in [6.45, 7) is 11.2. The molecule has 1 amide bonds. The van der Waals surface area contributed by atoms with Crippen molar-refractivity contribution in [3.63, 3.8) is 0 Å². The van der Waals surface area contributed by atoms with Crippen molar-refractivity contribution in [1.82, 2.24) is 16.0 Å². The molecule has 0 bridgehead atoms. The summed E-state index contributed by atoms with van der Waals surface area (Å²) in [6.07, 6.45) is 1.05. The van der Waals surface area contributed by atoms with Gasteiger partial charge in [0.1, 0.15) is 0 Å². The van der Waals surface area contributed by atoms with Crippen molar-refractivity contribution in [3.05, 3.63) is 35.4 Å². The van der Waals surface area contributed by atoms with E-state index in [1.165, 1.54) is 11.1 Å². The van der Waals surface area contributed by atoms with E-state index in [1.807, 2.05) is 20.8 Å². The molecule has 3 N–H and O–H groups in total. The van der Waals surface area contributed by atoms with Crippen molar-refractivity contribution in [3.8, 4) is 0 Å². The molecule has 0 aliphatic heterocycles. The minimum absolute atomic E-state index is 0. The van der Waals surface area contributed by atoms with E-state index in [2.05, 4.69) is 59.1 Å². The largest absolute Gasteiger partial charge is 0.355 e. The van der Waals surface area contributed by atoms with Gasteiger partial charge in [-0.1, -0.05) is 52.0 Å². The molecule has 0 spiro atoms. The third-order valence-corrected chi connectivity index (χ3v) is 3.85. The zero-order valence-electron chi connectivity index (χ0n) is 16.3. The molecular weight excluding hydrogens is 427 g/mol. The lowest BCUT2D eigenvalue weighted by Gasteiger charge is -2.20. The van der Waals surface area contributed by atoms with Crippen LogP contribution in [0.4, 0.5) is 0 Å². The number of hydrogen-bond acceptors (Lipinski definition) is 2. The topological polar surface area (TPSA) is 65.5 Å². The maximum absolute atomic E-state index is 11.8. The Bertz CT molecular complexity index is 550. The lowest BCUT2D eigenvalue weighted by Crippen LogP contribution is -2.44. The highest BCUT2D eigenvalue weighted by atomic mass is 127. The van der Waals surface area contributed by atoms with Gasteiger partial charge in [0.15, 0.2) is 5.96 Å². The van der Waals surface area contributed by atoms with Crippen molar-refractivity contribution in [1.29, 1.82) is 0 Å². The Morgan fingerprint density at radius 2 is 1.68 bits per heavy atom. The highest BCUT2D eigenvalue weighted by Crippen LogP contribution is 2.13. The van der Waals surface area contributed by atoms with Crippen LogP contribution in [0, 0.1) is 5.41 Å². The van der Waals surface area contributed by atoms with E-state index in [0.29, 0.717) is 13.1 Å². The van der Waals surface area contributed by atoms with Crippen LogP contribution in [-0.4, -0.2) is 32.0 Å². The number of amides is 1. The van der Waals surface area contributed by atoms with Gasteiger partial charge in [0.05, 0.1) is 6.04 Å². The van der Waals surface area contributed by atoms with Crippen LogP contribution in [0.3, 0.4) is 0 Å². The number of nitrogens with zero attached hydrogens (tertiary/aromatic N) is 1. The van der Waals surface area contributed by atoms with Gasteiger partial charge in [0.25, 0.3) is 0 Å². The Kier molecular flexibility index (Phi) is 10.7. The molecule has 0 radical (unpaired) electrons. The minimum atomic E-state index is -0.362. The summed E-state index contributed by atoms with van der Waals surface area (Å²) in [7, 11) is 1.75. The first-order valence-corrected chi connectivity index (χ1v) is 8.62. The van der Waals surface area contributed by atoms with Gasteiger partial charge in [-0.05, 0) is 24.5 Å². The number of guanidine groups is 1. The number of halogens is 1. The maximum atomic E-state index is 11.8. The predicted molar refractivity (Wildman–Crippen MR) is 117 cm³/mol. The second-order valence-electron chi connectivity index (χ2n) is 6.97. The Morgan fingerprint density at radius 3 is 2.16 bits per heavy atom. The van der Waals surface area contributed by atoms with Gasteiger partial charge in [0, 0.05) is 25.6 Å². The van der Waals surface area contributed by atoms with Gasteiger partial charge in [0.2, 0.25) is 5.91 Å². The normalized spacial score (nSPS) is 12.8. The number of carbonyl (C=O) groups is 1. The Hall–Kier alpha value is -1.31. The average Bonchev–Trinajstić information content (AvgIpc) is 2.56. The minimum Gasteiger partial charge on any atom is -0.355 e. The number of rotatable bonds is 6. The molecule has 0 aliphatic rings. The van der Waals surface area contributed by atoms with Crippen LogP contribution < -0.4 is 16.0 Å². The van der Waals surface area contributed by atoms with Crippen LogP contribution in [0.2, 0.25) is 0 Å². The van der Waals surface area contributed by atoms with Crippen LogP contribution in [-0.2, 0) is 11.2 Å². The Labute approximate surface area is 169 Å². The zero-order chi connectivity index (χ0) is 18.2. The van der Waals surface area contributed by atoms with Crippen LogP contribution in [0.25, 0.3) is 0 Å². The van der Waals surface area contributed by atoms with Crippen molar-refractivity contribution >= 4 is 35.8 Å². The standard InChI is InChI=1S/C19H32N4O.HI/c1-7-15-8-10-16(11-9-15)14(2)23-18(20-6)22-13-12-21-17(24)19(3,4)5;/h8-11,14H,7,12-13H2,1-6H3,(H,21,24)(H2,20,22,23);1H. The SMILES string of the molecule is CCc1ccc(C(C)NC(=NC)NCCNC(=O)C(C)(C)C)cc1.I. The van der Waals surface area contributed by atoms with Crippen molar-refractivity contribution in [2.24, 2.45) is 10.4 Å². The Morgan fingerprint density at radius 1 is 1.12 bits per heavy atom. The van der Waals surface area contributed by atoms with E-state index in [0.717, 1.165) is 12.4 Å². The highest BCUT2D eigenvalue weighted by Gasteiger charge is 2.20. The summed E-state index contributed by atoms with van der Waals surface area (Å²) in [5.74, 6) is 0.781. The van der Waals surface area contributed by atoms with Crippen molar-refractivity contribution in [2.75, 3.05) is 20.1 Å². The van der Waals surface area contributed by atoms with Gasteiger partial charge >= 0.3 is 0 Å². The third-order valence-electron chi connectivity index (χ3n) is 3.85. The number of hydrogen-bond donors (Lipinski definition) is 3. The monoisotopic (exact) mass is 460 g/mol. The number of aliphatic imine (C=N–C) groups is 1. The van der Waals surface area contributed by atoms with Crippen LogP contribution in [0.1, 0.15) is 51.8 Å². The molecule has 6 heteroatoms. The molecule has 0 fully saturated rings. The molecule has 1 rings (SSSR count). The lowest BCUT2D eigenvalue weighted by atomic mass is 9.96. The number of carbonyl (C=O) groups excluding carboxylic acids is 1. The number of benzene rings is 1. The maximum Gasteiger partial charge on any atom is 0.225 e. The molecule has 1 aromatic carbocycles. The summed E-state index contributed by atoms with van der Waals surface area (Å²) in [6, 6.07) is 8.77. The molecule has 0 heterocycles. The van der Waals surface area contributed by atoms with Gasteiger partial charge in [-0.3, -0.25) is 9.79 Å². The quantitative estimate of drug-likeness (QED) is 0.264. The van der Waals surface area contributed by atoms with Crippen LogP contribution in [0.15, 0.2) is 29.3 Å². The van der Waals surface area contributed by atoms with E-state index < -0.39 is 0 Å². The molecule has 0 saturated carbocycles. The highest BCUT2D eigenvalue weighted by molar-refractivity contribution is 14.0. The molecule has 0 aromatic heterocycles. The molecular formula is C19H33IN4O. The van der Waals surface area contributed by atoms with E-state index in [-0.39, 0.29) is 41.3 Å². The second kappa shape index (κ2) is 11.3. The lowest BCUT2D eigenvalue weighted by molar-refractivity contribution is -0.128. The summed E-state index contributed by atoms with van der Waals surface area (Å²) in [4.78, 5) is 16.0. The molecule has 1 unspecified atom stereocenters. The fraction of sp³-hybridized carbons (Fsp3) is 0.579. The first-order chi connectivity index (χ1) is 11.3. The molecule has 1 aromatic rings. The Balaban J connectivity index is 0.00000576. The second-order valence-corrected chi connectivity index (χ2v) is 6.97. The van der Waals surface area contributed by atoms with E-state index >= 15 is 0 Å². The van der Waals surface area contributed by atoms with Crippen LogP contribution in [0.5, 0.6) is 0 Å². The molecule has 0 aliphatic carbocycles. The van der Waals surface area contributed by atoms with Crippen LogP contribution >= 0.6 is 24.0 Å². The molecule has 5 nitrogen and oxygen atoms in total. The smallest absolute Gasteiger partial charge is 0.225 e. The van der Waals surface area contributed by atoms with Crippen molar-refractivity contribution < 1.29 is 4.79 Å². The van der Waals surface area contributed by atoms with Gasteiger partial charge in [-0.2, -0.15) is 0 Å². The fourth-order valence-corrected chi connectivity index (χ4v) is 2.15. The number of nitrogens with one attached hydrogen (secondary N) is 3.